The Kier molecular flexibility index (Phi) is 2.64. The lowest BCUT2D eigenvalue weighted by Crippen LogP contribution is -2.10. The van der Waals surface area contributed by atoms with Gasteiger partial charge in [0.15, 0.2) is 0 Å². The second-order valence-corrected chi connectivity index (χ2v) is 4.67. The van der Waals surface area contributed by atoms with Crippen LogP contribution in [0.25, 0.3) is 0 Å². The quantitative estimate of drug-likeness (QED) is 0.623. The molecule has 1 aliphatic rings. The van der Waals surface area contributed by atoms with Crippen LogP contribution >= 0.6 is 11.3 Å². The van der Waals surface area contributed by atoms with Crippen LogP contribution in [0.3, 0.4) is 0 Å². The normalized spacial score (nSPS) is 12.2. The third-order valence-corrected chi connectivity index (χ3v) is 3.54. The van der Waals surface area contributed by atoms with Crippen LogP contribution in [0.2, 0.25) is 0 Å². The van der Waals surface area contributed by atoms with Gasteiger partial charge in [-0.25, -0.2) is 4.99 Å². The number of aryl methyl sites for hydroxylation is 2. The summed E-state index contributed by atoms with van der Waals surface area (Å²) in [6, 6.07) is 4.36. The molecule has 2 heterocycles. The molecule has 0 amide bonds. The van der Waals surface area contributed by atoms with E-state index < -0.39 is 0 Å². The number of rotatable bonds is 1. The third-order valence-electron chi connectivity index (χ3n) is 2.77. The molecule has 0 saturated carbocycles. The zero-order valence-electron chi connectivity index (χ0n) is 8.61. The smallest absolute Gasteiger partial charge is 0.0919 e. The van der Waals surface area contributed by atoms with Crippen LogP contribution in [-0.2, 0) is 0 Å². The van der Waals surface area contributed by atoms with E-state index in [1.807, 2.05) is 11.7 Å². The topological polar surface area (TPSA) is 25.2 Å². The predicted octanol–water partition coefficient (Wildman–Crippen LogP) is 3.88. The van der Waals surface area contributed by atoms with Crippen molar-refractivity contribution >= 4 is 22.7 Å². The van der Waals surface area contributed by atoms with Crippen molar-refractivity contribution in [2.45, 2.75) is 21.3 Å². The fraction of sp³-hybridized carbons (Fsp3) is 0.231. The molecule has 0 aliphatic carbocycles. The number of fused-ring (bicyclic) bond motifs is 1. The molecule has 3 heteroatoms. The van der Waals surface area contributed by atoms with Crippen molar-refractivity contribution in [2.24, 2.45) is 4.99 Å². The first-order valence-electron chi connectivity index (χ1n) is 4.85. The van der Waals surface area contributed by atoms with E-state index in [4.69, 9.17) is 0 Å². The van der Waals surface area contributed by atoms with E-state index in [9.17, 15) is 0 Å². The summed E-state index contributed by atoms with van der Waals surface area (Å²) in [5.41, 5.74) is 7.95. The van der Waals surface area contributed by atoms with E-state index >= 15 is 0 Å². The summed E-state index contributed by atoms with van der Waals surface area (Å²) in [6.07, 6.45) is 1.88. The van der Waals surface area contributed by atoms with Crippen molar-refractivity contribution < 1.29 is 0 Å². The highest BCUT2D eigenvalue weighted by atomic mass is 32.1. The lowest BCUT2D eigenvalue weighted by atomic mass is 9.96. The van der Waals surface area contributed by atoms with Gasteiger partial charge >= 0.3 is 0 Å². The Balaban J connectivity index is 0.000000963. The number of hydrogen-bond donors (Lipinski definition) is 0. The summed E-state index contributed by atoms with van der Waals surface area (Å²) in [7, 11) is 0. The molecule has 0 saturated heterocycles. The molecule has 0 unspecified atom stereocenters. The molecule has 1 aromatic carbocycles. The third kappa shape index (κ3) is 1.48. The lowest BCUT2D eigenvalue weighted by Gasteiger charge is -2.19. The van der Waals surface area contributed by atoms with Gasteiger partial charge in [0.1, 0.15) is 0 Å². The Morgan fingerprint density at radius 2 is 1.88 bits per heavy atom. The largest absolute Gasteiger partial charge is 0.252 e. The maximum Gasteiger partial charge on any atom is 0.0919 e. The molecule has 0 bridgehead atoms. The van der Waals surface area contributed by atoms with Crippen LogP contribution in [-0.4, -0.2) is 10.7 Å². The van der Waals surface area contributed by atoms with Crippen LogP contribution in [0.5, 0.6) is 0 Å². The minimum atomic E-state index is 0. The van der Waals surface area contributed by atoms with Gasteiger partial charge in [0.2, 0.25) is 0 Å². The predicted molar refractivity (Wildman–Crippen MR) is 70.1 cm³/mol. The SMILES string of the molecule is C.Cc1cc2c(cc1C)C(c1cncs1)=N2. The fourth-order valence-corrected chi connectivity index (χ4v) is 2.36. The van der Waals surface area contributed by atoms with Crippen molar-refractivity contribution in [1.29, 1.82) is 0 Å². The maximum absolute atomic E-state index is 4.52. The first-order valence-corrected chi connectivity index (χ1v) is 5.73. The van der Waals surface area contributed by atoms with E-state index in [2.05, 4.69) is 36.0 Å². The Hall–Kier alpha value is -1.48. The Morgan fingerprint density at radius 1 is 1.12 bits per heavy atom. The van der Waals surface area contributed by atoms with E-state index in [0.29, 0.717) is 0 Å². The van der Waals surface area contributed by atoms with Crippen molar-refractivity contribution in [3.8, 4) is 0 Å². The molecule has 3 rings (SSSR count). The van der Waals surface area contributed by atoms with Gasteiger partial charge in [-0.3, -0.25) is 4.98 Å². The monoisotopic (exact) mass is 230 g/mol. The summed E-state index contributed by atoms with van der Waals surface area (Å²) in [5, 5.41) is 0. The number of thiazole rings is 1. The van der Waals surface area contributed by atoms with Crippen LogP contribution in [0.4, 0.5) is 5.69 Å². The van der Waals surface area contributed by atoms with Gasteiger partial charge < -0.3 is 0 Å². The Labute approximate surface area is 99.7 Å². The van der Waals surface area contributed by atoms with Gasteiger partial charge in [0.25, 0.3) is 0 Å². The molecule has 0 fully saturated rings. The van der Waals surface area contributed by atoms with Crippen molar-refractivity contribution in [3.05, 3.63) is 45.4 Å². The first kappa shape index (κ1) is 11.0. The van der Waals surface area contributed by atoms with E-state index in [-0.39, 0.29) is 7.43 Å². The number of aliphatic imine (C=N–C) groups is 1. The fourth-order valence-electron chi connectivity index (χ4n) is 1.73. The average Bonchev–Trinajstić information content (AvgIpc) is 2.70. The number of hydrogen-bond acceptors (Lipinski definition) is 3. The minimum Gasteiger partial charge on any atom is -0.252 e. The van der Waals surface area contributed by atoms with Gasteiger partial charge in [0, 0.05) is 11.8 Å². The van der Waals surface area contributed by atoms with E-state index in [0.717, 1.165) is 16.3 Å². The average molecular weight is 230 g/mol. The molecular weight excluding hydrogens is 216 g/mol. The number of aromatic nitrogens is 1. The molecule has 1 aliphatic heterocycles. The van der Waals surface area contributed by atoms with E-state index in [1.165, 1.54) is 16.7 Å². The second kappa shape index (κ2) is 3.83. The highest BCUT2D eigenvalue weighted by molar-refractivity contribution is 7.12. The van der Waals surface area contributed by atoms with Crippen molar-refractivity contribution in [3.63, 3.8) is 0 Å². The molecule has 2 nitrogen and oxygen atoms in total. The maximum atomic E-state index is 4.52. The Morgan fingerprint density at radius 3 is 2.56 bits per heavy atom. The summed E-state index contributed by atoms with van der Waals surface area (Å²) in [4.78, 5) is 9.75. The van der Waals surface area contributed by atoms with Crippen LogP contribution in [0.15, 0.2) is 28.8 Å². The molecule has 0 radical (unpaired) electrons. The zero-order valence-corrected chi connectivity index (χ0v) is 9.43. The molecule has 2 aromatic rings. The lowest BCUT2D eigenvalue weighted by molar-refractivity contribution is 1.28. The summed E-state index contributed by atoms with van der Waals surface area (Å²) < 4.78 is 0. The minimum absolute atomic E-state index is 0. The molecule has 0 N–H and O–H groups in total. The van der Waals surface area contributed by atoms with Crippen LogP contribution < -0.4 is 0 Å². The van der Waals surface area contributed by atoms with Gasteiger partial charge in [0.05, 0.1) is 21.8 Å². The van der Waals surface area contributed by atoms with Gasteiger partial charge in [-0.15, -0.1) is 11.3 Å². The molecule has 0 atom stereocenters. The standard InChI is InChI=1S/C12H10N2S.CH4/c1-7-3-9-10(4-8(7)2)14-12(9)11-5-13-6-15-11;/h3-6H,1-2H3;1H4. The molecule has 16 heavy (non-hydrogen) atoms. The zero-order chi connectivity index (χ0) is 10.4. The van der Waals surface area contributed by atoms with Crippen molar-refractivity contribution in [2.75, 3.05) is 0 Å². The number of benzene rings is 1. The highest BCUT2D eigenvalue weighted by Crippen LogP contribution is 2.35. The highest BCUT2D eigenvalue weighted by Gasteiger charge is 2.21. The van der Waals surface area contributed by atoms with Gasteiger partial charge in [-0.1, -0.05) is 7.43 Å². The van der Waals surface area contributed by atoms with Crippen molar-refractivity contribution in [1.82, 2.24) is 4.98 Å². The number of nitrogens with zero attached hydrogens (tertiary/aromatic N) is 2. The summed E-state index contributed by atoms with van der Waals surface area (Å²) in [6.45, 7) is 4.26. The first-order chi connectivity index (χ1) is 7.25. The molecular formula is C13H14N2S. The van der Waals surface area contributed by atoms with Gasteiger partial charge in [-0.2, -0.15) is 0 Å². The second-order valence-electron chi connectivity index (χ2n) is 3.78. The molecule has 1 aromatic heterocycles. The molecule has 0 spiro atoms. The summed E-state index contributed by atoms with van der Waals surface area (Å²) >= 11 is 1.64. The van der Waals surface area contributed by atoms with Gasteiger partial charge in [-0.05, 0) is 37.1 Å². The molecule has 82 valence electrons. The van der Waals surface area contributed by atoms with Crippen LogP contribution in [0, 0.1) is 13.8 Å². The summed E-state index contributed by atoms with van der Waals surface area (Å²) in [5.74, 6) is 0. The van der Waals surface area contributed by atoms with Crippen LogP contribution in [0.1, 0.15) is 29.0 Å². The van der Waals surface area contributed by atoms with E-state index in [1.54, 1.807) is 11.3 Å². The Bertz CT molecular complexity index is 554.